The maximum atomic E-state index is 5.86. The van der Waals surface area contributed by atoms with Crippen molar-refractivity contribution in [3.05, 3.63) is 45.2 Å². The quantitative estimate of drug-likeness (QED) is 0.847. The van der Waals surface area contributed by atoms with Gasteiger partial charge in [-0.15, -0.1) is 11.3 Å². The first-order chi connectivity index (χ1) is 8.16. The lowest BCUT2D eigenvalue weighted by Gasteiger charge is -2.08. The molecule has 0 aromatic carbocycles. The summed E-state index contributed by atoms with van der Waals surface area (Å²) in [5.41, 5.74) is 6.38. The van der Waals surface area contributed by atoms with E-state index in [2.05, 4.69) is 10.3 Å². The van der Waals surface area contributed by atoms with Crippen molar-refractivity contribution in [3.63, 3.8) is 0 Å². The number of thiocarbonyl (C=S) groups is 1. The summed E-state index contributed by atoms with van der Waals surface area (Å²) in [5, 5.41) is 3.20. The summed E-state index contributed by atoms with van der Waals surface area (Å²) in [7, 11) is 0. The van der Waals surface area contributed by atoms with Crippen molar-refractivity contribution in [1.29, 1.82) is 0 Å². The third kappa shape index (κ3) is 3.15. The zero-order valence-electron chi connectivity index (χ0n) is 8.81. The molecule has 2 aromatic heterocycles. The predicted octanol–water partition coefficient (Wildman–Crippen LogP) is 3.04. The number of pyridine rings is 1. The number of halogens is 1. The van der Waals surface area contributed by atoms with Gasteiger partial charge in [-0.1, -0.05) is 23.8 Å². The number of thiophene rings is 1. The molecule has 2 aromatic rings. The van der Waals surface area contributed by atoms with E-state index in [4.69, 9.17) is 29.6 Å². The van der Waals surface area contributed by atoms with Crippen LogP contribution < -0.4 is 11.1 Å². The van der Waals surface area contributed by atoms with Gasteiger partial charge < -0.3 is 11.1 Å². The van der Waals surface area contributed by atoms with E-state index < -0.39 is 0 Å². The van der Waals surface area contributed by atoms with Crippen LogP contribution in [0.3, 0.4) is 0 Å². The molecule has 17 heavy (non-hydrogen) atoms. The molecule has 3 N–H and O–H groups in total. The van der Waals surface area contributed by atoms with E-state index in [1.807, 2.05) is 24.3 Å². The Morgan fingerprint density at radius 3 is 2.94 bits per heavy atom. The summed E-state index contributed by atoms with van der Waals surface area (Å²) >= 11 is 12.4. The number of anilines is 1. The monoisotopic (exact) mass is 283 g/mol. The fourth-order valence-corrected chi connectivity index (χ4v) is 2.55. The van der Waals surface area contributed by atoms with E-state index in [-0.39, 0.29) is 0 Å². The van der Waals surface area contributed by atoms with Gasteiger partial charge >= 0.3 is 0 Å². The van der Waals surface area contributed by atoms with Gasteiger partial charge in [0.05, 0.1) is 16.4 Å². The molecule has 0 aliphatic carbocycles. The van der Waals surface area contributed by atoms with E-state index in [1.54, 1.807) is 6.20 Å². The molecule has 0 amide bonds. The standard InChI is InChI=1S/C11H10ClN3S2/c12-9-4-3-7(17-9)6-15-11-8(10(13)16)2-1-5-14-11/h1-5H,6H2,(H2,13,16)(H,14,15). The minimum atomic E-state index is 0.338. The van der Waals surface area contributed by atoms with Gasteiger partial charge in [-0.3, -0.25) is 0 Å². The van der Waals surface area contributed by atoms with E-state index in [9.17, 15) is 0 Å². The number of nitrogens with one attached hydrogen (secondary N) is 1. The van der Waals surface area contributed by atoms with Crippen molar-refractivity contribution in [2.75, 3.05) is 5.32 Å². The number of nitrogens with zero attached hydrogens (tertiary/aromatic N) is 1. The molecule has 0 radical (unpaired) electrons. The Morgan fingerprint density at radius 2 is 2.29 bits per heavy atom. The Kier molecular flexibility index (Phi) is 3.93. The maximum absolute atomic E-state index is 5.86. The van der Waals surface area contributed by atoms with Gasteiger partial charge in [-0.25, -0.2) is 4.98 Å². The van der Waals surface area contributed by atoms with Gasteiger partial charge in [0.1, 0.15) is 10.8 Å². The SMILES string of the molecule is NC(=S)c1cccnc1NCc1ccc(Cl)s1. The number of aromatic nitrogens is 1. The fourth-order valence-electron chi connectivity index (χ4n) is 1.36. The highest BCUT2D eigenvalue weighted by atomic mass is 35.5. The second kappa shape index (κ2) is 5.44. The Bertz CT molecular complexity index is 539. The van der Waals surface area contributed by atoms with Crippen molar-refractivity contribution in [2.45, 2.75) is 6.54 Å². The Labute approximate surface area is 114 Å². The molecule has 0 unspecified atom stereocenters. The van der Waals surface area contributed by atoms with Crippen LogP contribution >= 0.6 is 35.2 Å². The van der Waals surface area contributed by atoms with Crippen molar-refractivity contribution in [2.24, 2.45) is 5.73 Å². The Hall–Kier alpha value is -1.17. The lowest BCUT2D eigenvalue weighted by Crippen LogP contribution is -2.13. The Balaban J connectivity index is 2.11. The third-order valence-corrected chi connectivity index (χ3v) is 3.58. The van der Waals surface area contributed by atoms with Crippen LogP contribution in [0.5, 0.6) is 0 Å². The van der Waals surface area contributed by atoms with Crippen LogP contribution in [0.2, 0.25) is 4.34 Å². The molecule has 0 aliphatic heterocycles. The number of nitrogens with two attached hydrogens (primary N) is 1. The first-order valence-corrected chi connectivity index (χ1v) is 6.50. The molecule has 2 rings (SSSR count). The van der Waals surface area contributed by atoms with Crippen molar-refractivity contribution in [3.8, 4) is 0 Å². The predicted molar refractivity (Wildman–Crippen MR) is 76.8 cm³/mol. The van der Waals surface area contributed by atoms with Crippen molar-refractivity contribution < 1.29 is 0 Å². The first kappa shape index (κ1) is 12.3. The number of hydrogen-bond donors (Lipinski definition) is 2. The molecule has 0 fully saturated rings. The minimum Gasteiger partial charge on any atom is -0.389 e. The third-order valence-electron chi connectivity index (χ3n) is 2.13. The van der Waals surface area contributed by atoms with Crippen LogP contribution in [0.25, 0.3) is 0 Å². The highest BCUT2D eigenvalue weighted by molar-refractivity contribution is 7.80. The molecule has 0 spiro atoms. The molecule has 0 bridgehead atoms. The molecule has 6 heteroatoms. The zero-order chi connectivity index (χ0) is 12.3. The van der Waals surface area contributed by atoms with Crippen LogP contribution in [0.15, 0.2) is 30.5 Å². The van der Waals surface area contributed by atoms with Crippen LogP contribution in [0.4, 0.5) is 5.82 Å². The summed E-state index contributed by atoms with van der Waals surface area (Å²) < 4.78 is 0.775. The molecule has 2 heterocycles. The van der Waals surface area contributed by atoms with Crippen LogP contribution in [-0.4, -0.2) is 9.97 Å². The first-order valence-electron chi connectivity index (χ1n) is 4.89. The topological polar surface area (TPSA) is 50.9 Å². The summed E-state index contributed by atoms with van der Waals surface area (Å²) in [4.78, 5) is 5.69. The Morgan fingerprint density at radius 1 is 1.47 bits per heavy atom. The molecule has 0 aliphatic rings. The molecule has 0 saturated heterocycles. The minimum absolute atomic E-state index is 0.338. The smallest absolute Gasteiger partial charge is 0.136 e. The maximum Gasteiger partial charge on any atom is 0.136 e. The average Bonchev–Trinajstić information content (AvgIpc) is 2.73. The summed E-state index contributed by atoms with van der Waals surface area (Å²) in [6, 6.07) is 7.50. The van der Waals surface area contributed by atoms with Gasteiger partial charge in [0.2, 0.25) is 0 Å². The average molecular weight is 284 g/mol. The van der Waals surface area contributed by atoms with E-state index >= 15 is 0 Å². The molecule has 0 atom stereocenters. The highest BCUT2D eigenvalue weighted by Crippen LogP contribution is 2.22. The van der Waals surface area contributed by atoms with E-state index in [0.29, 0.717) is 17.4 Å². The zero-order valence-corrected chi connectivity index (χ0v) is 11.2. The van der Waals surface area contributed by atoms with Crippen molar-refractivity contribution >= 4 is 46.0 Å². The normalized spacial score (nSPS) is 10.2. The van der Waals surface area contributed by atoms with E-state index in [0.717, 1.165) is 14.8 Å². The van der Waals surface area contributed by atoms with Gasteiger partial charge in [-0.2, -0.15) is 0 Å². The highest BCUT2D eigenvalue weighted by Gasteiger charge is 2.05. The summed E-state index contributed by atoms with van der Waals surface area (Å²) in [6.45, 7) is 0.657. The van der Waals surface area contributed by atoms with Gasteiger partial charge in [0.15, 0.2) is 0 Å². The molecule has 88 valence electrons. The van der Waals surface area contributed by atoms with Gasteiger partial charge in [0.25, 0.3) is 0 Å². The fraction of sp³-hybridized carbons (Fsp3) is 0.0909. The number of rotatable bonds is 4. The summed E-state index contributed by atoms with van der Waals surface area (Å²) in [5.74, 6) is 0.699. The molecule has 3 nitrogen and oxygen atoms in total. The van der Waals surface area contributed by atoms with Crippen LogP contribution in [0.1, 0.15) is 10.4 Å². The second-order valence-corrected chi connectivity index (χ2v) is 5.56. The molecule has 0 saturated carbocycles. The van der Waals surface area contributed by atoms with Gasteiger partial charge in [0, 0.05) is 11.1 Å². The molecular weight excluding hydrogens is 274 g/mol. The largest absolute Gasteiger partial charge is 0.389 e. The van der Waals surface area contributed by atoms with Crippen LogP contribution in [-0.2, 0) is 6.54 Å². The van der Waals surface area contributed by atoms with Gasteiger partial charge in [-0.05, 0) is 24.3 Å². The van der Waals surface area contributed by atoms with E-state index in [1.165, 1.54) is 11.3 Å². The number of hydrogen-bond acceptors (Lipinski definition) is 4. The lowest BCUT2D eigenvalue weighted by molar-refractivity contribution is 1.14. The molecular formula is C11H10ClN3S2. The second-order valence-electron chi connectivity index (χ2n) is 3.32. The lowest BCUT2D eigenvalue weighted by atomic mass is 10.2. The van der Waals surface area contributed by atoms with Crippen LogP contribution in [0, 0.1) is 0 Å². The summed E-state index contributed by atoms with van der Waals surface area (Å²) in [6.07, 6.45) is 1.70. The van der Waals surface area contributed by atoms with Crippen molar-refractivity contribution in [1.82, 2.24) is 4.98 Å².